The Hall–Kier alpha value is -1.66. The maximum absolute atomic E-state index is 12.0. The molecule has 0 bridgehead atoms. The van der Waals surface area contributed by atoms with Crippen molar-refractivity contribution in [2.45, 2.75) is 32.9 Å². The molecule has 0 radical (unpaired) electrons. The van der Waals surface area contributed by atoms with Crippen molar-refractivity contribution in [2.24, 2.45) is 0 Å². The summed E-state index contributed by atoms with van der Waals surface area (Å²) >= 11 is 0. The molecule has 7 heteroatoms. The number of alkyl halides is 3. The third kappa shape index (κ3) is 3.69. The van der Waals surface area contributed by atoms with Gasteiger partial charge in [-0.3, -0.25) is 0 Å². The summed E-state index contributed by atoms with van der Waals surface area (Å²) < 4.78 is 36.0. The number of aromatic carboxylic acids is 1. The van der Waals surface area contributed by atoms with Gasteiger partial charge in [-0.1, -0.05) is 0 Å². The SMILES string of the molecule is Cc1nc(CCC(F)(F)F)nc(C)c1C(=O)O. The molecule has 1 aromatic rings. The smallest absolute Gasteiger partial charge is 0.389 e. The van der Waals surface area contributed by atoms with Gasteiger partial charge in [-0.2, -0.15) is 13.2 Å². The molecule has 0 saturated heterocycles. The summed E-state index contributed by atoms with van der Waals surface area (Å²) in [7, 11) is 0. The average Bonchev–Trinajstić information content (AvgIpc) is 2.11. The van der Waals surface area contributed by atoms with Gasteiger partial charge in [0, 0.05) is 6.42 Å². The van der Waals surface area contributed by atoms with Crippen molar-refractivity contribution in [3.8, 4) is 0 Å². The first kappa shape index (κ1) is 13.4. The van der Waals surface area contributed by atoms with Gasteiger partial charge in [0.05, 0.1) is 17.8 Å². The second kappa shape index (κ2) is 4.68. The fraction of sp³-hybridized carbons (Fsp3) is 0.500. The molecule has 1 aromatic heterocycles. The second-order valence-electron chi connectivity index (χ2n) is 3.61. The number of hydrogen-bond acceptors (Lipinski definition) is 3. The zero-order valence-corrected chi connectivity index (χ0v) is 9.30. The highest BCUT2D eigenvalue weighted by Gasteiger charge is 2.27. The van der Waals surface area contributed by atoms with Gasteiger partial charge < -0.3 is 5.11 Å². The Balaban J connectivity index is 2.95. The number of carboxylic acids is 1. The van der Waals surface area contributed by atoms with E-state index in [1.807, 2.05) is 0 Å². The van der Waals surface area contributed by atoms with E-state index in [4.69, 9.17) is 5.11 Å². The van der Waals surface area contributed by atoms with Crippen LogP contribution in [0.4, 0.5) is 13.2 Å². The molecule has 0 aliphatic rings. The van der Waals surface area contributed by atoms with Crippen LogP contribution in [-0.2, 0) is 6.42 Å². The Morgan fingerprint density at radius 1 is 1.24 bits per heavy atom. The van der Waals surface area contributed by atoms with Crippen LogP contribution in [0.5, 0.6) is 0 Å². The molecule has 4 nitrogen and oxygen atoms in total. The molecule has 0 aliphatic heterocycles. The Morgan fingerprint density at radius 3 is 2.06 bits per heavy atom. The molecule has 0 aliphatic carbocycles. The van der Waals surface area contributed by atoms with E-state index in [0.717, 1.165) is 0 Å². The summed E-state index contributed by atoms with van der Waals surface area (Å²) in [6.45, 7) is 2.88. The van der Waals surface area contributed by atoms with E-state index in [0.29, 0.717) is 0 Å². The highest BCUT2D eigenvalue weighted by Crippen LogP contribution is 2.21. The first-order valence-electron chi connectivity index (χ1n) is 4.85. The van der Waals surface area contributed by atoms with Crippen LogP contribution in [0.2, 0.25) is 0 Å². The van der Waals surface area contributed by atoms with Crippen LogP contribution in [0.3, 0.4) is 0 Å². The normalized spacial score (nSPS) is 11.6. The maximum Gasteiger partial charge on any atom is 0.389 e. The largest absolute Gasteiger partial charge is 0.478 e. The van der Waals surface area contributed by atoms with Gasteiger partial charge in [0.15, 0.2) is 0 Å². The number of rotatable bonds is 3. The first-order valence-corrected chi connectivity index (χ1v) is 4.85. The molecule has 0 fully saturated rings. The number of aromatic nitrogens is 2. The molecule has 0 amide bonds. The summed E-state index contributed by atoms with van der Waals surface area (Å²) in [5, 5.41) is 8.84. The lowest BCUT2D eigenvalue weighted by Gasteiger charge is -2.08. The van der Waals surface area contributed by atoms with Gasteiger partial charge >= 0.3 is 12.1 Å². The molecular formula is C10H11F3N2O2. The van der Waals surface area contributed by atoms with Crippen molar-refractivity contribution in [3.63, 3.8) is 0 Å². The molecule has 94 valence electrons. The minimum absolute atomic E-state index is 0.0160. The van der Waals surface area contributed by atoms with E-state index in [-0.39, 0.29) is 29.2 Å². The standard InChI is InChI=1S/C10H11F3N2O2/c1-5-8(9(16)17)6(2)15-7(14-5)3-4-10(11,12)13/h3-4H2,1-2H3,(H,16,17). The van der Waals surface area contributed by atoms with Crippen LogP contribution in [0.25, 0.3) is 0 Å². The van der Waals surface area contributed by atoms with Gasteiger partial charge in [0.1, 0.15) is 11.4 Å². The van der Waals surface area contributed by atoms with E-state index in [9.17, 15) is 18.0 Å². The highest BCUT2D eigenvalue weighted by atomic mass is 19.4. The van der Waals surface area contributed by atoms with Crippen LogP contribution < -0.4 is 0 Å². The first-order chi connectivity index (χ1) is 7.70. The van der Waals surface area contributed by atoms with Crippen LogP contribution in [0.1, 0.15) is 34.0 Å². The zero-order chi connectivity index (χ0) is 13.2. The number of aryl methyl sites for hydroxylation is 3. The zero-order valence-electron chi connectivity index (χ0n) is 9.30. The lowest BCUT2D eigenvalue weighted by molar-refractivity contribution is -0.134. The fourth-order valence-corrected chi connectivity index (χ4v) is 1.46. The Labute approximate surface area is 95.5 Å². The molecule has 17 heavy (non-hydrogen) atoms. The summed E-state index contributed by atoms with van der Waals surface area (Å²) in [5.41, 5.74) is 0.310. The van der Waals surface area contributed by atoms with Gasteiger partial charge in [-0.25, -0.2) is 14.8 Å². The Kier molecular flexibility index (Phi) is 3.69. The molecule has 0 unspecified atom stereocenters. The number of carboxylic acid groups (broad SMARTS) is 1. The second-order valence-corrected chi connectivity index (χ2v) is 3.61. The minimum Gasteiger partial charge on any atom is -0.478 e. The Morgan fingerprint density at radius 2 is 1.71 bits per heavy atom. The number of hydrogen-bond donors (Lipinski definition) is 1. The number of nitrogens with zero attached hydrogens (tertiary/aromatic N) is 2. The van der Waals surface area contributed by atoms with Crippen molar-refractivity contribution < 1.29 is 23.1 Å². The predicted molar refractivity (Wildman–Crippen MR) is 52.8 cm³/mol. The van der Waals surface area contributed by atoms with E-state index in [1.54, 1.807) is 0 Å². The minimum atomic E-state index is -4.27. The van der Waals surface area contributed by atoms with Gasteiger partial charge in [0.25, 0.3) is 0 Å². The van der Waals surface area contributed by atoms with Crippen LogP contribution >= 0.6 is 0 Å². The number of halogens is 3. The summed E-state index contributed by atoms with van der Waals surface area (Å²) in [6.07, 6.45) is -5.62. The summed E-state index contributed by atoms with van der Waals surface area (Å²) in [6, 6.07) is 0. The van der Waals surface area contributed by atoms with Crippen molar-refractivity contribution in [1.82, 2.24) is 9.97 Å². The number of carbonyl (C=O) groups is 1. The summed E-state index contributed by atoms with van der Waals surface area (Å²) in [4.78, 5) is 18.3. The van der Waals surface area contributed by atoms with Gasteiger partial charge in [-0.15, -0.1) is 0 Å². The molecule has 1 rings (SSSR count). The van der Waals surface area contributed by atoms with E-state index in [1.165, 1.54) is 13.8 Å². The van der Waals surface area contributed by atoms with Crippen molar-refractivity contribution in [1.29, 1.82) is 0 Å². The fourth-order valence-electron chi connectivity index (χ4n) is 1.46. The lowest BCUT2D eigenvalue weighted by Crippen LogP contribution is -2.13. The molecular weight excluding hydrogens is 237 g/mol. The topological polar surface area (TPSA) is 63.1 Å². The van der Waals surface area contributed by atoms with Crippen LogP contribution in [-0.4, -0.2) is 27.2 Å². The lowest BCUT2D eigenvalue weighted by atomic mass is 10.1. The third-order valence-electron chi connectivity index (χ3n) is 2.16. The van der Waals surface area contributed by atoms with E-state index in [2.05, 4.69) is 9.97 Å². The third-order valence-corrected chi connectivity index (χ3v) is 2.16. The Bertz CT molecular complexity index is 421. The van der Waals surface area contributed by atoms with Crippen molar-refractivity contribution in [2.75, 3.05) is 0 Å². The van der Waals surface area contributed by atoms with Gasteiger partial charge in [-0.05, 0) is 13.8 Å². The van der Waals surface area contributed by atoms with Crippen molar-refractivity contribution >= 4 is 5.97 Å². The average molecular weight is 248 g/mol. The van der Waals surface area contributed by atoms with E-state index < -0.39 is 18.6 Å². The molecule has 1 N–H and O–H groups in total. The van der Waals surface area contributed by atoms with Crippen molar-refractivity contribution in [3.05, 3.63) is 22.8 Å². The molecule has 0 spiro atoms. The van der Waals surface area contributed by atoms with Crippen LogP contribution in [0.15, 0.2) is 0 Å². The summed E-state index contributed by atoms with van der Waals surface area (Å²) in [5.74, 6) is -1.16. The molecule has 0 atom stereocenters. The molecule has 0 aromatic carbocycles. The van der Waals surface area contributed by atoms with E-state index >= 15 is 0 Å². The van der Waals surface area contributed by atoms with Gasteiger partial charge in [0.2, 0.25) is 0 Å². The maximum atomic E-state index is 12.0. The van der Waals surface area contributed by atoms with Crippen LogP contribution in [0, 0.1) is 13.8 Å². The predicted octanol–water partition coefficient (Wildman–Crippen LogP) is 2.29. The highest BCUT2D eigenvalue weighted by molar-refractivity contribution is 5.89. The monoisotopic (exact) mass is 248 g/mol. The molecule has 0 saturated carbocycles. The quantitative estimate of drug-likeness (QED) is 0.891. The molecule has 1 heterocycles.